The van der Waals surface area contributed by atoms with Crippen molar-refractivity contribution in [2.24, 2.45) is 0 Å². The number of rotatable bonds is 7. The van der Waals surface area contributed by atoms with Gasteiger partial charge in [0.15, 0.2) is 0 Å². The number of ether oxygens (including phenoxy) is 1. The van der Waals surface area contributed by atoms with E-state index in [2.05, 4.69) is 5.32 Å². The molecule has 3 nitrogen and oxygen atoms in total. The summed E-state index contributed by atoms with van der Waals surface area (Å²) in [6, 6.07) is 7.24. The molecule has 0 aromatic heterocycles. The highest BCUT2D eigenvalue weighted by Crippen LogP contribution is 2.15. The Balaban J connectivity index is 2.24. The van der Waals surface area contributed by atoms with Crippen molar-refractivity contribution in [3.8, 4) is 0 Å². The second kappa shape index (κ2) is 7.63. The molecule has 0 heterocycles. The van der Waals surface area contributed by atoms with Gasteiger partial charge in [-0.05, 0) is 30.7 Å². The number of nitrogens with one attached hydrogen (secondary N) is 1. The van der Waals surface area contributed by atoms with E-state index in [-0.39, 0.29) is 0 Å². The van der Waals surface area contributed by atoms with E-state index in [0.29, 0.717) is 11.6 Å². The van der Waals surface area contributed by atoms with Gasteiger partial charge in [0.2, 0.25) is 0 Å². The van der Waals surface area contributed by atoms with E-state index in [1.165, 1.54) is 0 Å². The lowest BCUT2D eigenvalue weighted by Crippen LogP contribution is -2.23. The summed E-state index contributed by atoms with van der Waals surface area (Å²) in [5.74, 6) is 0. The molecule has 0 fully saturated rings. The fourth-order valence-electron chi connectivity index (χ4n) is 1.38. The van der Waals surface area contributed by atoms with Crippen LogP contribution in [-0.4, -0.2) is 31.9 Å². The molecule has 1 aromatic carbocycles. The van der Waals surface area contributed by atoms with E-state index in [0.717, 1.165) is 25.1 Å². The molecule has 0 aliphatic rings. The van der Waals surface area contributed by atoms with Crippen molar-refractivity contribution >= 4 is 11.6 Å². The maximum absolute atomic E-state index is 9.83. The quantitative estimate of drug-likeness (QED) is 0.720. The van der Waals surface area contributed by atoms with Gasteiger partial charge in [0, 0.05) is 25.3 Å². The molecule has 4 heteroatoms. The summed E-state index contributed by atoms with van der Waals surface area (Å²) in [7, 11) is 1.68. The van der Waals surface area contributed by atoms with Crippen LogP contribution in [-0.2, 0) is 4.74 Å². The van der Waals surface area contributed by atoms with Crippen LogP contribution in [0.15, 0.2) is 24.3 Å². The first-order valence-corrected chi connectivity index (χ1v) is 5.75. The minimum atomic E-state index is -0.486. The molecule has 0 amide bonds. The molecule has 1 atom stereocenters. The van der Waals surface area contributed by atoms with Gasteiger partial charge in [-0.1, -0.05) is 23.7 Å². The Bertz CT molecular complexity index is 290. The van der Waals surface area contributed by atoms with Gasteiger partial charge in [0.25, 0.3) is 0 Å². The highest BCUT2D eigenvalue weighted by molar-refractivity contribution is 6.30. The van der Waals surface area contributed by atoms with Gasteiger partial charge in [-0.3, -0.25) is 0 Å². The molecule has 0 saturated carbocycles. The number of halogens is 1. The maximum atomic E-state index is 9.83. The van der Waals surface area contributed by atoms with Crippen molar-refractivity contribution in [1.29, 1.82) is 0 Å². The molecule has 0 aliphatic carbocycles. The van der Waals surface area contributed by atoms with Crippen LogP contribution in [0.25, 0.3) is 0 Å². The fourth-order valence-corrected chi connectivity index (χ4v) is 1.51. The second-order valence-corrected chi connectivity index (χ2v) is 4.05. The first kappa shape index (κ1) is 13.5. The van der Waals surface area contributed by atoms with Gasteiger partial charge in [0.05, 0.1) is 6.10 Å². The fraction of sp³-hybridized carbons (Fsp3) is 0.500. The van der Waals surface area contributed by atoms with Crippen LogP contribution in [0.1, 0.15) is 18.1 Å². The zero-order valence-electron chi connectivity index (χ0n) is 9.45. The summed E-state index contributed by atoms with van der Waals surface area (Å²) >= 11 is 5.77. The zero-order chi connectivity index (χ0) is 11.8. The maximum Gasteiger partial charge on any atom is 0.0914 e. The van der Waals surface area contributed by atoms with Gasteiger partial charge < -0.3 is 15.2 Å². The topological polar surface area (TPSA) is 41.5 Å². The largest absolute Gasteiger partial charge is 0.387 e. The van der Waals surface area contributed by atoms with Gasteiger partial charge >= 0.3 is 0 Å². The molecule has 0 aliphatic heterocycles. The molecule has 0 spiro atoms. The molecule has 0 saturated heterocycles. The van der Waals surface area contributed by atoms with Gasteiger partial charge in [0.1, 0.15) is 0 Å². The van der Waals surface area contributed by atoms with Crippen LogP contribution in [0.2, 0.25) is 5.02 Å². The highest BCUT2D eigenvalue weighted by Gasteiger charge is 2.05. The van der Waals surface area contributed by atoms with Crippen LogP contribution >= 0.6 is 11.6 Å². The molecule has 2 N–H and O–H groups in total. The van der Waals surface area contributed by atoms with E-state index in [1.54, 1.807) is 19.2 Å². The van der Waals surface area contributed by atoms with Crippen molar-refractivity contribution in [2.45, 2.75) is 12.5 Å². The lowest BCUT2D eigenvalue weighted by Gasteiger charge is -2.12. The Kier molecular flexibility index (Phi) is 6.42. The molecule has 0 bridgehead atoms. The summed E-state index contributed by atoms with van der Waals surface area (Å²) in [5.41, 5.74) is 0.878. The summed E-state index contributed by atoms with van der Waals surface area (Å²) in [4.78, 5) is 0. The molecule has 16 heavy (non-hydrogen) atoms. The van der Waals surface area contributed by atoms with Crippen molar-refractivity contribution in [3.63, 3.8) is 0 Å². The number of aliphatic hydroxyl groups is 1. The Morgan fingerprint density at radius 1 is 1.38 bits per heavy atom. The minimum Gasteiger partial charge on any atom is -0.387 e. The van der Waals surface area contributed by atoms with Crippen LogP contribution in [0.3, 0.4) is 0 Å². The Morgan fingerprint density at radius 3 is 2.69 bits per heavy atom. The molecule has 90 valence electrons. The standard InChI is InChI=1S/C12H18ClNO2/c1-16-8-2-7-14-9-12(15)10-3-5-11(13)6-4-10/h3-6,12,14-15H,2,7-9H2,1H3. The monoisotopic (exact) mass is 243 g/mol. The molecular formula is C12H18ClNO2. The number of hydrogen-bond donors (Lipinski definition) is 2. The zero-order valence-corrected chi connectivity index (χ0v) is 10.2. The SMILES string of the molecule is COCCCNCC(O)c1ccc(Cl)cc1. The summed E-state index contributed by atoms with van der Waals surface area (Å²) in [5, 5.41) is 13.7. The summed E-state index contributed by atoms with van der Waals surface area (Å²) in [6.07, 6.45) is 0.462. The van der Waals surface area contributed by atoms with Crippen LogP contribution in [0, 0.1) is 0 Å². The first-order valence-electron chi connectivity index (χ1n) is 5.37. The first-order chi connectivity index (χ1) is 7.74. The number of benzene rings is 1. The van der Waals surface area contributed by atoms with Crippen LogP contribution in [0.5, 0.6) is 0 Å². The normalized spacial score (nSPS) is 12.7. The third-order valence-corrected chi connectivity index (χ3v) is 2.55. The Labute approximate surface area is 101 Å². The van der Waals surface area contributed by atoms with Gasteiger partial charge in [-0.2, -0.15) is 0 Å². The van der Waals surface area contributed by atoms with Gasteiger partial charge in [-0.15, -0.1) is 0 Å². The average molecular weight is 244 g/mol. The predicted octanol–water partition coefficient (Wildman–Crippen LogP) is 2.00. The summed E-state index contributed by atoms with van der Waals surface area (Å²) in [6.45, 7) is 2.13. The second-order valence-electron chi connectivity index (χ2n) is 3.62. The van der Waals surface area contributed by atoms with Crippen LogP contribution < -0.4 is 5.32 Å². The lowest BCUT2D eigenvalue weighted by atomic mass is 10.1. The van der Waals surface area contributed by atoms with E-state index in [1.807, 2.05) is 12.1 Å². The van der Waals surface area contributed by atoms with Crippen molar-refractivity contribution in [3.05, 3.63) is 34.9 Å². The number of hydrogen-bond acceptors (Lipinski definition) is 3. The molecular weight excluding hydrogens is 226 g/mol. The van der Waals surface area contributed by atoms with E-state index in [9.17, 15) is 5.11 Å². The Hall–Kier alpha value is -0.610. The van der Waals surface area contributed by atoms with Crippen molar-refractivity contribution in [1.82, 2.24) is 5.32 Å². The lowest BCUT2D eigenvalue weighted by molar-refractivity contribution is 0.168. The molecule has 1 unspecified atom stereocenters. The van der Waals surface area contributed by atoms with E-state index >= 15 is 0 Å². The van der Waals surface area contributed by atoms with E-state index < -0.39 is 6.10 Å². The highest BCUT2D eigenvalue weighted by atomic mass is 35.5. The van der Waals surface area contributed by atoms with E-state index in [4.69, 9.17) is 16.3 Å². The third kappa shape index (κ3) is 4.94. The number of aliphatic hydroxyl groups excluding tert-OH is 1. The van der Waals surface area contributed by atoms with Crippen molar-refractivity contribution in [2.75, 3.05) is 26.8 Å². The molecule has 0 radical (unpaired) electrons. The molecule has 1 rings (SSSR count). The Morgan fingerprint density at radius 2 is 2.06 bits per heavy atom. The van der Waals surface area contributed by atoms with Crippen LogP contribution in [0.4, 0.5) is 0 Å². The third-order valence-electron chi connectivity index (χ3n) is 2.29. The molecule has 1 aromatic rings. The number of methoxy groups -OCH3 is 1. The van der Waals surface area contributed by atoms with Gasteiger partial charge in [-0.25, -0.2) is 0 Å². The average Bonchev–Trinajstić information content (AvgIpc) is 2.29. The minimum absolute atomic E-state index is 0.486. The summed E-state index contributed by atoms with van der Waals surface area (Å²) < 4.78 is 4.93. The smallest absolute Gasteiger partial charge is 0.0914 e. The van der Waals surface area contributed by atoms with Crippen molar-refractivity contribution < 1.29 is 9.84 Å². The predicted molar refractivity (Wildman–Crippen MR) is 65.8 cm³/mol.